The van der Waals surface area contributed by atoms with Gasteiger partial charge < -0.3 is 4.74 Å². The first-order valence-electron chi connectivity index (χ1n) is 7.85. The van der Waals surface area contributed by atoms with Crippen molar-refractivity contribution in [1.29, 1.82) is 0 Å². The first kappa shape index (κ1) is 17.1. The Morgan fingerprint density at radius 2 is 2.20 bits per heavy atom. The Bertz CT molecular complexity index is 965. The summed E-state index contributed by atoms with van der Waals surface area (Å²) >= 11 is 6.12. The molecule has 0 spiro atoms. The van der Waals surface area contributed by atoms with Crippen molar-refractivity contribution >= 4 is 23.2 Å². The van der Waals surface area contributed by atoms with E-state index in [0.29, 0.717) is 22.8 Å². The van der Waals surface area contributed by atoms with E-state index in [9.17, 15) is 4.79 Å². The summed E-state index contributed by atoms with van der Waals surface area (Å²) in [5.74, 6) is -0.551. The second kappa shape index (κ2) is 7.03. The lowest BCUT2D eigenvalue weighted by molar-refractivity contribution is 0.0539. The topological polar surface area (TPSA) is 69.4 Å². The Hall–Kier alpha value is -2.73. The molecule has 128 valence electrons. The molecule has 0 unspecified atom stereocenters. The minimum Gasteiger partial charge on any atom is -0.457 e. The molecule has 0 aliphatic rings. The van der Waals surface area contributed by atoms with Gasteiger partial charge in [0.2, 0.25) is 0 Å². The molecule has 0 amide bonds. The quantitative estimate of drug-likeness (QED) is 0.515. The molecular weight excluding hydrogens is 340 g/mol. The van der Waals surface area contributed by atoms with Crippen LogP contribution in [0.1, 0.15) is 28.8 Å². The molecule has 0 aliphatic carbocycles. The van der Waals surface area contributed by atoms with Crippen LogP contribution in [-0.2, 0) is 11.2 Å². The highest BCUT2D eigenvalue weighted by Gasteiger charge is 2.21. The number of ether oxygens (including phenoxy) is 1. The first-order valence-corrected chi connectivity index (χ1v) is 8.23. The Morgan fingerprint density at radius 3 is 2.88 bits per heavy atom. The lowest BCUT2D eigenvalue weighted by Gasteiger charge is -2.06. The second-order valence-corrected chi connectivity index (χ2v) is 5.88. The zero-order valence-electron chi connectivity index (χ0n) is 14.0. The van der Waals surface area contributed by atoms with Gasteiger partial charge in [0.05, 0.1) is 17.0 Å². The molecule has 1 aromatic carbocycles. The van der Waals surface area contributed by atoms with Crippen LogP contribution in [0.2, 0.25) is 5.02 Å². The van der Waals surface area contributed by atoms with Gasteiger partial charge in [0.1, 0.15) is 6.61 Å². The fourth-order valence-electron chi connectivity index (χ4n) is 2.63. The van der Waals surface area contributed by atoms with E-state index in [1.54, 1.807) is 11.4 Å². The molecular formula is C18H17ClN4O2. The number of aromatic nitrogens is 4. The van der Waals surface area contributed by atoms with Crippen LogP contribution in [0.3, 0.4) is 0 Å². The number of aryl methyl sites for hydroxylation is 2. The fourth-order valence-corrected chi connectivity index (χ4v) is 2.82. The number of rotatable bonds is 5. The SMILES string of the molecule is C=CCOC(=O)c1nnc2c(-c3cccc(Cl)c3)c(CC)nn2c1C. The summed E-state index contributed by atoms with van der Waals surface area (Å²) < 4.78 is 6.68. The third-order valence-corrected chi connectivity index (χ3v) is 4.05. The molecule has 0 bridgehead atoms. The Morgan fingerprint density at radius 1 is 1.40 bits per heavy atom. The van der Waals surface area contributed by atoms with E-state index in [2.05, 4.69) is 21.9 Å². The molecule has 0 saturated heterocycles. The van der Waals surface area contributed by atoms with Crippen molar-refractivity contribution in [2.75, 3.05) is 6.61 Å². The molecule has 0 saturated carbocycles. The highest BCUT2D eigenvalue weighted by Crippen LogP contribution is 2.30. The Balaban J connectivity index is 2.18. The number of carbonyl (C=O) groups is 1. The van der Waals surface area contributed by atoms with Crippen LogP contribution in [0.15, 0.2) is 36.9 Å². The van der Waals surface area contributed by atoms with Crippen LogP contribution in [0.25, 0.3) is 16.8 Å². The zero-order valence-corrected chi connectivity index (χ0v) is 14.7. The van der Waals surface area contributed by atoms with Crippen LogP contribution in [-0.4, -0.2) is 32.4 Å². The number of halogens is 1. The third-order valence-electron chi connectivity index (χ3n) is 3.81. The van der Waals surface area contributed by atoms with Gasteiger partial charge in [0.25, 0.3) is 0 Å². The van der Waals surface area contributed by atoms with Crippen molar-refractivity contribution in [2.24, 2.45) is 0 Å². The molecule has 3 aromatic rings. The average Bonchev–Trinajstić information content (AvgIpc) is 2.99. The number of fused-ring (bicyclic) bond motifs is 1. The highest BCUT2D eigenvalue weighted by atomic mass is 35.5. The smallest absolute Gasteiger partial charge is 0.361 e. The molecule has 0 atom stereocenters. The summed E-state index contributed by atoms with van der Waals surface area (Å²) in [5, 5.41) is 13.5. The van der Waals surface area contributed by atoms with Gasteiger partial charge in [-0.15, -0.1) is 10.2 Å². The Kier molecular flexibility index (Phi) is 4.81. The van der Waals surface area contributed by atoms with Crippen LogP contribution in [0, 0.1) is 6.92 Å². The molecule has 2 aromatic heterocycles. The fraction of sp³-hybridized carbons (Fsp3) is 0.222. The number of esters is 1. The number of benzene rings is 1. The average molecular weight is 357 g/mol. The normalized spacial score (nSPS) is 10.8. The molecule has 0 aliphatic heterocycles. The summed E-state index contributed by atoms with van der Waals surface area (Å²) in [6, 6.07) is 7.50. The standard InChI is InChI=1S/C18H17ClN4O2/c1-4-9-25-18(24)16-11(3)23-17(21-20-16)15(14(5-2)22-23)12-7-6-8-13(19)10-12/h4,6-8,10H,1,5,9H2,2-3H3. The van der Waals surface area contributed by atoms with Crippen LogP contribution >= 0.6 is 11.6 Å². The first-order chi connectivity index (χ1) is 12.1. The summed E-state index contributed by atoms with van der Waals surface area (Å²) in [7, 11) is 0. The summed E-state index contributed by atoms with van der Waals surface area (Å²) in [6.07, 6.45) is 2.21. The maximum atomic E-state index is 12.1. The van der Waals surface area contributed by atoms with E-state index in [4.69, 9.17) is 16.3 Å². The number of nitrogens with zero attached hydrogens (tertiary/aromatic N) is 4. The van der Waals surface area contributed by atoms with Crippen molar-refractivity contribution in [3.8, 4) is 11.1 Å². The summed E-state index contributed by atoms with van der Waals surface area (Å²) in [4.78, 5) is 12.1. The van der Waals surface area contributed by atoms with Gasteiger partial charge in [-0.1, -0.05) is 43.3 Å². The molecule has 3 rings (SSSR count). The van der Waals surface area contributed by atoms with Gasteiger partial charge in [-0.25, -0.2) is 9.31 Å². The predicted octanol–water partition coefficient (Wildman–Crippen LogP) is 3.66. The highest BCUT2D eigenvalue weighted by molar-refractivity contribution is 6.30. The van der Waals surface area contributed by atoms with Crippen molar-refractivity contribution in [3.05, 3.63) is 59.0 Å². The van der Waals surface area contributed by atoms with Gasteiger partial charge in [-0.05, 0) is 31.0 Å². The largest absolute Gasteiger partial charge is 0.457 e. The Labute approximate surface area is 150 Å². The van der Waals surface area contributed by atoms with Crippen molar-refractivity contribution in [2.45, 2.75) is 20.3 Å². The van der Waals surface area contributed by atoms with Gasteiger partial charge in [0.15, 0.2) is 11.3 Å². The predicted molar refractivity (Wildman–Crippen MR) is 95.8 cm³/mol. The van der Waals surface area contributed by atoms with Crippen molar-refractivity contribution < 1.29 is 9.53 Å². The van der Waals surface area contributed by atoms with Gasteiger partial charge in [-0.2, -0.15) is 5.10 Å². The number of carbonyl (C=O) groups excluding carboxylic acids is 1. The molecule has 6 nitrogen and oxygen atoms in total. The van der Waals surface area contributed by atoms with E-state index in [1.807, 2.05) is 31.2 Å². The minimum atomic E-state index is -0.551. The zero-order chi connectivity index (χ0) is 18.0. The number of hydrogen-bond acceptors (Lipinski definition) is 5. The maximum absolute atomic E-state index is 12.1. The molecule has 0 N–H and O–H groups in total. The van der Waals surface area contributed by atoms with E-state index in [0.717, 1.165) is 16.8 Å². The molecule has 0 fully saturated rings. The monoisotopic (exact) mass is 356 g/mol. The molecule has 25 heavy (non-hydrogen) atoms. The van der Waals surface area contributed by atoms with Crippen molar-refractivity contribution in [1.82, 2.24) is 19.8 Å². The van der Waals surface area contributed by atoms with E-state index < -0.39 is 5.97 Å². The summed E-state index contributed by atoms with van der Waals surface area (Å²) in [5.41, 5.74) is 3.92. The lowest BCUT2D eigenvalue weighted by Crippen LogP contribution is -2.14. The van der Waals surface area contributed by atoms with Gasteiger partial charge >= 0.3 is 5.97 Å². The van der Waals surface area contributed by atoms with Crippen molar-refractivity contribution in [3.63, 3.8) is 0 Å². The molecule has 7 heteroatoms. The maximum Gasteiger partial charge on any atom is 0.361 e. The van der Waals surface area contributed by atoms with Crippen LogP contribution in [0.4, 0.5) is 0 Å². The molecule has 2 heterocycles. The van der Waals surface area contributed by atoms with Crippen LogP contribution in [0.5, 0.6) is 0 Å². The number of hydrogen-bond donors (Lipinski definition) is 0. The van der Waals surface area contributed by atoms with Gasteiger partial charge in [-0.3, -0.25) is 0 Å². The summed E-state index contributed by atoms with van der Waals surface area (Å²) in [6.45, 7) is 7.42. The second-order valence-electron chi connectivity index (χ2n) is 5.44. The lowest BCUT2D eigenvalue weighted by atomic mass is 10.0. The minimum absolute atomic E-state index is 0.116. The van der Waals surface area contributed by atoms with Crippen LogP contribution < -0.4 is 0 Å². The van der Waals surface area contributed by atoms with Gasteiger partial charge in [0, 0.05) is 5.02 Å². The van der Waals surface area contributed by atoms with E-state index >= 15 is 0 Å². The molecule has 0 radical (unpaired) electrons. The third kappa shape index (κ3) is 3.13. The van der Waals surface area contributed by atoms with E-state index in [1.165, 1.54) is 6.08 Å². The van der Waals surface area contributed by atoms with E-state index in [-0.39, 0.29) is 12.3 Å².